The van der Waals surface area contributed by atoms with Crippen LogP contribution in [0.3, 0.4) is 0 Å². The van der Waals surface area contributed by atoms with Crippen LogP contribution in [-0.2, 0) is 9.53 Å². The van der Waals surface area contributed by atoms with E-state index in [9.17, 15) is 23.1 Å². The molecule has 2 aromatic carbocycles. The van der Waals surface area contributed by atoms with Gasteiger partial charge in [0.15, 0.2) is 0 Å². The Morgan fingerprint density at radius 3 is 2.48 bits per heavy atom. The van der Waals surface area contributed by atoms with E-state index in [1.165, 1.54) is 30.3 Å². The summed E-state index contributed by atoms with van der Waals surface area (Å²) in [5.74, 6) is -0.715. The number of furan rings is 1. The second kappa shape index (κ2) is 7.94. The Morgan fingerprint density at radius 2 is 1.86 bits per heavy atom. The number of carbonyl (C=O) groups is 1. The number of nitrogens with one attached hydrogen (secondary N) is 1. The van der Waals surface area contributed by atoms with Gasteiger partial charge in [0.25, 0.3) is 0 Å². The van der Waals surface area contributed by atoms with E-state index in [0.29, 0.717) is 16.4 Å². The maximum Gasteiger partial charge on any atom is 0.407 e. The van der Waals surface area contributed by atoms with Gasteiger partial charge in [-0.25, -0.2) is 0 Å². The van der Waals surface area contributed by atoms with Gasteiger partial charge in [-0.3, -0.25) is 10.1 Å². The van der Waals surface area contributed by atoms with E-state index in [2.05, 4.69) is 10.1 Å². The van der Waals surface area contributed by atoms with Gasteiger partial charge in [0.2, 0.25) is 0 Å². The van der Waals surface area contributed by atoms with Crippen LogP contribution in [0.4, 0.5) is 13.2 Å². The Morgan fingerprint density at radius 1 is 1.14 bits per heavy atom. The van der Waals surface area contributed by atoms with Crippen LogP contribution in [0.15, 0.2) is 40.8 Å². The predicted octanol–water partition coefficient (Wildman–Crippen LogP) is 5.07. The first-order valence-corrected chi connectivity index (χ1v) is 9.16. The van der Waals surface area contributed by atoms with E-state index >= 15 is 0 Å². The maximum atomic E-state index is 13.9. The Hall–Kier alpha value is -2.74. The van der Waals surface area contributed by atoms with Crippen LogP contribution in [0.1, 0.15) is 31.9 Å². The maximum absolute atomic E-state index is 13.9. The number of aromatic hydroxyl groups is 1. The van der Waals surface area contributed by atoms with Crippen LogP contribution in [-0.4, -0.2) is 30.4 Å². The van der Waals surface area contributed by atoms with Crippen molar-refractivity contribution in [1.29, 1.82) is 0 Å². The third-order valence-electron chi connectivity index (χ3n) is 4.70. The first-order chi connectivity index (χ1) is 13.6. The van der Waals surface area contributed by atoms with Gasteiger partial charge >= 0.3 is 12.1 Å². The van der Waals surface area contributed by atoms with Crippen molar-refractivity contribution in [2.75, 3.05) is 7.11 Å². The molecule has 5 nitrogen and oxygen atoms in total. The zero-order valence-corrected chi connectivity index (χ0v) is 16.2. The summed E-state index contributed by atoms with van der Waals surface area (Å²) in [6, 6.07) is 5.49. The number of benzene rings is 2. The zero-order valence-electron chi connectivity index (χ0n) is 16.2. The lowest BCUT2D eigenvalue weighted by Gasteiger charge is -2.27. The Kier molecular flexibility index (Phi) is 5.75. The van der Waals surface area contributed by atoms with E-state index < -0.39 is 24.2 Å². The van der Waals surface area contributed by atoms with Gasteiger partial charge in [-0.1, -0.05) is 26.0 Å². The van der Waals surface area contributed by atoms with Crippen molar-refractivity contribution in [3.63, 3.8) is 0 Å². The van der Waals surface area contributed by atoms with Gasteiger partial charge in [0.05, 0.1) is 7.11 Å². The van der Waals surface area contributed by atoms with E-state index in [1.807, 2.05) is 13.8 Å². The number of fused-ring (bicyclic) bond motifs is 3. The van der Waals surface area contributed by atoms with Crippen LogP contribution in [0, 0.1) is 5.92 Å². The number of phenolic OH excluding ortho intramolecular Hbond substituents is 1. The first-order valence-electron chi connectivity index (χ1n) is 9.16. The average molecular weight is 409 g/mol. The summed E-state index contributed by atoms with van der Waals surface area (Å²) in [7, 11) is 1.15. The minimum Gasteiger partial charge on any atom is -0.508 e. The van der Waals surface area contributed by atoms with Crippen LogP contribution < -0.4 is 5.32 Å². The van der Waals surface area contributed by atoms with Crippen LogP contribution in [0.5, 0.6) is 5.75 Å². The highest BCUT2D eigenvalue weighted by atomic mass is 19.4. The SMILES string of the molecule is COC(=O)[C@H](CC(C)C)N[C@@H](c1ccc2c(c1)oc1ccc(O)cc12)C(F)(F)F. The summed E-state index contributed by atoms with van der Waals surface area (Å²) in [5.41, 5.74) is 0.641. The smallest absolute Gasteiger partial charge is 0.407 e. The van der Waals surface area contributed by atoms with E-state index in [0.717, 1.165) is 7.11 Å². The fraction of sp³-hybridized carbons (Fsp3) is 0.381. The van der Waals surface area contributed by atoms with Crippen molar-refractivity contribution >= 4 is 27.9 Å². The summed E-state index contributed by atoms with van der Waals surface area (Å²) in [6.07, 6.45) is -4.44. The largest absolute Gasteiger partial charge is 0.508 e. The predicted molar refractivity (Wildman–Crippen MR) is 103 cm³/mol. The Labute approximate surface area is 165 Å². The third-order valence-corrected chi connectivity index (χ3v) is 4.70. The van der Waals surface area contributed by atoms with E-state index in [1.54, 1.807) is 6.07 Å². The molecule has 0 fully saturated rings. The molecule has 0 saturated heterocycles. The molecule has 3 rings (SSSR count). The fourth-order valence-corrected chi connectivity index (χ4v) is 3.39. The van der Waals surface area contributed by atoms with Crippen LogP contribution in [0.2, 0.25) is 0 Å². The van der Waals surface area contributed by atoms with Gasteiger partial charge in [-0.05, 0) is 42.2 Å². The second-order valence-electron chi connectivity index (χ2n) is 7.38. The zero-order chi connectivity index (χ0) is 21.3. The van der Waals surface area contributed by atoms with E-state index in [-0.39, 0.29) is 29.2 Å². The number of alkyl halides is 3. The monoisotopic (exact) mass is 409 g/mol. The number of hydrogen-bond acceptors (Lipinski definition) is 5. The fourth-order valence-electron chi connectivity index (χ4n) is 3.39. The summed E-state index contributed by atoms with van der Waals surface area (Å²) in [5, 5.41) is 13.3. The molecule has 0 radical (unpaired) electrons. The summed E-state index contributed by atoms with van der Waals surface area (Å²) >= 11 is 0. The molecule has 2 N–H and O–H groups in total. The highest BCUT2D eigenvalue weighted by Crippen LogP contribution is 2.37. The number of esters is 1. The Bertz CT molecular complexity index is 1030. The quantitative estimate of drug-likeness (QED) is 0.556. The first kappa shape index (κ1) is 21.0. The molecule has 0 saturated carbocycles. The number of carbonyl (C=O) groups excluding carboxylic acids is 1. The molecule has 0 aliphatic carbocycles. The molecule has 156 valence electrons. The molecule has 0 unspecified atom stereocenters. The topological polar surface area (TPSA) is 71.7 Å². The van der Waals surface area contributed by atoms with Crippen LogP contribution in [0.25, 0.3) is 21.9 Å². The Balaban J connectivity index is 2.03. The van der Waals surface area contributed by atoms with Gasteiger partial charge in [0, 0.05) is 10.8 Å². The van der Waals surface area contributed by atoms with Crippen LogP contribution >= 0.6 is 0 Å². The van der Waals surface area contributed by atoms with Gasteiger partial charge in [-0.15, -0.1) is 0 Å². The molecule has 0 amide bonds. The van der Waals surface area contributed by atoms with E-state index in [4.69, 9.17) is 4.42 Å². The summed E-state index contributed by atoms with van der Waals surface area (Å²) in [4.78, 5) is 12.0. The lowest BCUT2D eigenvalue weighted by atomic mass is 9.99. The molecule has 0 aliphatic rings. The van der Waals surface area contributed by atoms with Crippen molar-refractivity contribution in [3.05, 3.63) is 42.0 Å². The van der Waals surface area contributed by atoms with Crippen molar-refractivity contribution in [2.24, 2.45) is 5.92 Å². The highest BCUT2D eigenvalue weighted by molar-refractivity contribution is 6.05. The molecule has 0 aliphatic heterocycles. The van der Waals surface area contributed by atoms with Crippen molar-refractivity contribution in [1.82, 2.24) is 5.32 Å². The number of rotatable bonds is 6. The summed E-state index contributed by atoms with van der Waals surface area (Å²) < 4.78 is 51.9. The molecule has 2 atom stereocenters. The minimum atomic E-state index is -4.64. The van der Waals surface area contributed by atoms with Gasteiger partial charge in [-0.2, -0.15) is 13.2 Å². The molecule has 3 aromatic rings. The third kappa shape index (κ3) is 4.48. The van der Waals surface area contributed by atoms with Gasteiger partial charge < -0.3 is 14.3 Å². The lowest BCUT2D eigenvalue weighted by Crippen LogP contribution is -2.45. The lowest BCUT2D eigenvalue weighted by molar-refractivity contribution is -0.164. The molecule has 0 spiro atoms. The molecule has 0 bridgehead atoms. The normalized spacial score (nSPS) is 14.4. The molecule has 1 aromatic heterocycles. The molecule has 29 heavy (non-hydrogen) atoms. The standard InChI is InChI=1S/C21H22F3NO4/c1-11(2)8-16(20(27)28-3)25-19(21(22,23)24)12-4-6-14-15-10-13(26)5-7-17(15)29-18(14)9-12/h4-7,9-11,16,19,25-26H,8H2,1-3H3/t16-,19-/m0/s1. The summed E-state index contributed by atoms with van der Waals surface area (Å²) in [6.45, 7) is 3.63. The van der Waals surface area contributed by atoms with Gasteiger partial charge in [0.1, 0.15) is 29.0 Å². The molecular weight excluding hydrogens is 387 g/mol. The highest BCUT2D eigenvalue weighted by Gasteiger charge is 2.43. The number of methoxy groups -OCH3 is 1. The molecule has 1 heterocycles. The number of phenols is 1. The molecular formula is C21H22F3NO4. The number of halogens is 3. The average Bonchev–Trinajstić information content (AvgIpc) is 3.00. The number of ether oxygens (including phenoxy) is 1. The second-order valence-corrected chi connectivity index (χ2v) is 7.38. The minimum absolute atomic E-state index is 0.00832. The van der Waals surface area contributed by atoms with Crippen molar-refractivity contribution in [3.8, 4) is 5.75 Å². The van der Waals surface area contributed by atoms with Crippen molar-refractivity contribution < 1.29 is 32.2 Å². The van der Waals surface area contributed by atoms with Crippen molar-refractivity contribution in [2.45, 2.75) is 38.5 Å². The molecule has 8 heteroatoms. The number of hydrogen-bond donors (Lipinski definition) is 2.